The summed E-state index contributed by atoms with van der Waals surface area (Å²) in [5.74, 6) is 0.740. The maximum Gasteiger partial charge on any atom is 0.165 e. The largest absolute Gasteiger partial charge is 0.411 e. The van der Waals surface area contributed by atoms with E-state index in [2.05, 4.69) is 25.4 Å². The van der Waals surface area contributed by atoms with Gasteiger partial charge in [0.15, 0.2) is 11.5 Å². The fourth-order valence-electron chi connectivity index (χ4n) is 2.23. The first-order chi connectivity index (χ1) is 9.33. The quantitative estimate of drug-likeness (QED) is 0.644. The summed E-state index contributed by atoms with van der Waals surface area (Å²) in [7, 11) is 0. The topological polar surface area (TPSA) is 88.2 Å². The molecule has 0 bridgehead atoms. The Morgan fingerprint density at radius 3 is 3.11 bits per heavy atom. The molecule has 2 aromatic heterocycles. The molecule has 0 radical (unpaired) electrons. The van der Waals surface area contributed by atoms with E-state index < -0.39 is 0 Å². The first kappa shape index (κ1) is 11.6. The van der Waals surface area contributed by atoms with Gasteiger partial charge >= 0.3 is 0 Å². The van der Waals surface area contributed by atoms with Crippen molar-refractivity contribution in [2.24, 2.45) is 5.16 Å². The van der Waals surface area contributed by atoms with E-state index in [0.29, 0.717) is 12.1 Å². The molecule has 0 amide bonds. The van der Waals surface area contributed by atoms with Gasteiger partial charge in [-0.05, 0) is 13.0 Å². The Hall–Kier alpha value is -2.44. The van der Waals surface area contributed by atoms with Crippen molar-refractivity contribution in [2.75, 3.05) is 11.9 Å². The van der Waals surface area contributed by atoms with Gasteiger partial charge in [0.25, 0.3) is 0 Å². The third-order valence-electron chi connectivity index (χ3n) is 3.12. The minimum absolute atomic E-state index is 0.0836. The van der Waals surface area contributed by atoms with Gasteiger partial charge < -0.3 is 15.1 Å². The van der Waals surface area contributed by atoms with E-state index in [1.807, 2.05) is 23.6 Å². The molecule has 0 saturated heterocycles. The fraction of sp³-hybridized carbons (Fsp3) is 0.333. The Kier molecular flexibility index (Phi) is 2.86. The molecule has 1 aliphatic carbocycles. The van der Waals surface area contributed by atoms with Crippen LogP contribution in [0.25, 0.3) is 11.2 Å². The van der Waals surface area contributed by atoms with Gasteiger partial charge in [0, 0.05) is 13.0 Å². The van der Waals surface area contributed by atoms with Crippen molar-refractivity contribution < 1.29 is 5.21 Å². The van der Waals surface area contributed by atoms with E-state index in [-0.39, 0.29) is 6.04 Å². The number of oxime groups is 1. The lowest BCUT2D eigenvalue weighted by molar-refractivity contribution is 0.318. The van der Waals surface area contributed by atoms with Crippen LogP contribution in [-0.4, -0.2) is 37.0 Å². The van der Waals surface area contributed by atoms with Gasteiger partial charge in [-0.2, -0.15) is 0 Å². The second-order valence-electron chi connectivity index (χ2n) is 4.30. The molecule has 1 atom stereocenters. The summed E-state index contributed by atoms with van der Waals surface area (Å²) in [6.45, 7) is 2.79. The van der Waals surface area contributed by atoms with Crippen LogP contribution >= 0.6 is 0 Å². The number of imidazole rings is 1. The number of allylic oxidation sites excluding steroid dienone is 2. The van der Waals surface area contributed by atoms with Gasteiger partial charge in [0.2, 0.25) is 0 Å². The van der Waals surface area contributed by atoms with Gasteiger partial charge in [0.05, 0.1) is 18.1 Å². The van der Waals surface area contributed by atoms with Crippen LogP contribution in [0.5, 0.6) is 0 Å². The van der Waals surface area contributed by atoms with Crippen molar-refractivity contribution in [1.29, 1.82) is 0 Å². The van der Waals surface area contributed by atoms with E-state index in [4.69, 9.17) is 5.21 Å². The number of rotatable bonds is 3. The maximum atomic E-state index is 8.78. The minimum atomic E-state index is 0.0836. The lowest BCUT2D eigenvalue weighted by Crippen LogP contribution is -2.06. The lowest BCUT2D eigenvalue weighted by atomic mass is 10.2. The smallest absolute Gasteiger partial charge is 0.165 e. The molecule has 19 heavy (non-hydrogen) atoms. The summed E-state index contributed by atoms with van der Waals surface area (Å²) in [6, 6.07) is 0.0836. The first-order valence-electron chi connectivity index (χ1n) is 6.14. The summed E-state index contributed by atoms with van der Waals surface area (Å²) >= 11 is 0. The average Bonchev–Trinajstić information content (AvgIpc) is 3.05. The SMILES string of the molecule is CCNc1ncnc2c1ncn2C1C=C/C(=N\O)C1. The van der Waals surface area contributed by atoms with Crippen LogP contribution in [-0.2, 0) is 0 Å². The van der Waals surface area contributed by atoms with Crippen LogP contribution in [0.2, 0.25) is 0 Å². The number of aromatic nitrogens is 4. The molecule has 98 valence electrons. The Labute approximate surface area is 109 Å². The monoisotopic (exact) mass is 258 g/mol. The van der Waals surface area contributed by atoms with E-state index >= 15 is 0 Å². The molecule has 0 fully saturated rings. The average molecular weight is 258 g/mol. The Bertz CT molecular complexity index is 659. The van der Waals surface area contributed by atoms with E-state index in [0.717, 1.165) is 23.5 Å². The second kappa shape index (κ2) is 4.68. The second-order valence-corrected chi connectivity index (χ2v) is 4.30. The van der Waals surface area contributed by atoms with E-state index in [1.165, 1.54) is 6.33 Å². The number of hydrogen-bond acceptors (Lipinski definition) is 6. The van der Waals surface area contributed by atoms with Gasteiger partial charge in [-0.25, -0.2) is 15.0 Å². The summed E-state index contributed by atoms with van der Waals surface area (Å²) in [5, 5.41) is 15.2. The first-order valence-corrected chi connectivity index (χ1v) is 6.14. The van der Waals surface area contributed by atoms with Crippen LogP contribution in [0.15, 0.2) is 30.0 Å². The summed E-state index contributed by atoms with van der Waals surface area (Å²) in [5.41, 5.74) is 2.19. The van der Waals surface area contributed by atoms with Gasteiger partial charge in [0.1, 0.15) is 11.8 Å². The molecule has 2 heterocycles. The molecular formula is C12H14N6O. The summed E-state index contributed by atoms with van der Waals surface area (Å²) < 4.78 is 1.96. The third kappa shape index (κ3) is 1.92. The molecule has 0 saturated carbocycles. The molecule has 1 unspecified atom stereocenters. The van der Waals surface area contributed by atoms with Crippen LogP contribution < -0.4 is 5.32 Å². The third-order valence-corrected chi connectivity index (χ3v) is 3.12. The van der Waals surface area contributed by atoms with Crippen molar-refractivity contribution in [2.45, 2.75) is 19.4 Å². The van der Waals surface area contributed by atoms with Crippen LogP contribution in [0.1, 0.15) is 19.4 Å². The van der Waals surface area contributed by atoms with Crippen LogP contribution in [0.4, 0.5) is 5.82 Å². The number of fused-ring (bicyclic) bond motifs is 1. The standard InChI is InChI=1S/C12H14N6O/c1-2-13-11-10-12(15-6-14-11)18(7-16-10)9-4-3-8(5-9)17-19/h3-4,6-7,9,19H,2,5H2,1H3,(H,13,14,15)/b17-8+. The lowest BCUT2D eigenvalue weighted by Gasteiger charge is -2.10. The molecule has 0 aromatic carbocycles. The highest BCUT2D eigenvalue weighted by Crippen LogP contribution is 2.26. The molecule has 7 heteroatoms. The predicted molar refractivity (Wildman–Crippen MR) is 71.5 cm³/mol. The van der Waals surface area contributed by atoms with Crippen LogP contribution in [0.3, 0.4) is 0 Å². The molecule has 0 aliphatic heterocycles. The zero-order chi connectivity index (χ0) is 13.2. The molecular weight excluding hydrogens is 244 g/mol. The predicted octanol–water partition coefficient (Wildman–Crippen LogP) is 1.59. The Balaban J connectivity index is 2.02. The zero-order valence-corrected chi connectivity index (χ0v) is 10.5. The maximum absolute atomic E-state index is 8.78. The normalized spacial score (nSPS) is 20.5. The fourth-order valence-corrected chi connectivity index (χ4v) is 2.23. The van der Waals surface area contributed by atoms with Crippen molar-refractivity contribution in [3.05, 3.63) is 24.8 Å². The Morgan fingerprint density at radius 1 is 1.47 bits per heavy atom. The van der Waals surface area contributed by atoms with E-state index in [1.54, 1.807) is 6.33 Å². The summed E-state index contributed by atoms with van der Waals surface area (Å²) in [4.78, 5) is 12.9. The van der Waals surface area contributed by atoms with E-state index in [9.17, 15) is 0 Å². The van der Waals surface area contributed by atoms with Crippen molar-refractivity contribution >= 4 is 22.7 Å². The number of nitrogens with zero attached hydrogens (tertiary/aromatic N) is 5. The highest BCUT2D eigenvalue weighted by Gasteiger charge is 2.20. The molecule has 2 N–H and O–H groups in total. The number of nitrogens with one attached hydrogen (secondary N) is 1. The molecule has 0 spiro atoms. The highest BCUT2D eigenvalue weighted by molar-refractivity contribution is 5.97. The van der Waals surface area contributed by atoms with Crippen molar-refractivity contribution in [1.82, 2.24) is 19.5 Å². The minimum Gasteiger partial charge on any atom is -0.411 e. The summed E-state index contributed by atoms with van der Waals surface area (Å²) in [6.07, 6.45) is 7.70. The highest BCUT2D eigenvalue weighted by atomic mass is 16.4. The molecule has 7 nitrogen and oxygen atoms in total. The molecule has 1 aliphatic rings. The van der Waals surface area contributed by atoms with Gasteiger partial charge in [-0.15, -0.1) is 0 Å². The number of hydrogen-bond donors (Lipinski definition) is 2. The zero-order valence-electron chi connectivity index (χ0n) is 10.5. The van der Waals surface area contributed by atoms with Gasteiger partial charge in [-0.1, -0.05) is 11.2 Å². The molecule has 2 aromatic rings. The Morgan fingerprint density at radius 2 is 2.37 bits per heavy atom. The van der Waals surface area contributed by atoms with Gasteiger partial charge in [-0.3, -0.25) is 0 Å². The van der Waals surface area contributed by atoms with Crippen LogP contribution in [0, 0.1) is 0 Å². The molecule has 3 rings (SSSR count). The van der Waals surface area contributed by atoms with Crippen molar-refractivity contribution in [3.8, 4) is 0 Å². The van der Waals surface area contributed by atoms with Crippen molar-refractivity contribution in [3.63, 3.8) is 0 Å². The number of anilines is 1.